The van der Waals surface area contributed by atoms with E-state index in [1.807, 2.05) is 31.2 Å². The summed E-state index contributed by atoms with van der Waals surface area (Å²) in [6.07, 6.45) is 0.0879. The lowest BCUT2D eigenvalue weighted by atomic mass is 10.0. The summed E-state index contributed by atoms with van der Waals surface area (Å²) in [5.41, 5.74) is 1.23. The van der Waals surface area contributed by atoms with Gasteiger partial charge in [-0.2, -0.15) is 0 Å². The van der Waals surface area contributed by atoms with Crippen LogP contribution < -0.4 is 10.1 Å². The summed E-state index contributed by atoms with van der Waals surface area (Å²) in [5.74, 6) is -0.144. The number of nitrogens with zero attached hydrogens (tertiary/aromatic N) is 1. The van der Waals surface area contributed by atoms with Crippen molar-refractivity contribution in [3.05, 3.63) is 69.8 Å². The van der Waals surface area contributed by atoms with Crippen LogP contribution >= 0.6 is 0 Å². The van der Waals surface area contributed by atoms with E-state index >= 15 is 0 Å². The van der Waals surface area contributed by atoms with E-state index in [9.17, 15) is 19.7 Å². The first-order valence-electron chi connectivity index (χ1n) is 10.2. The fourth-order valence-electron chi connectivity index (χ4n) is 2.99. The van der Waals surface area contributed by atoms with Crippen LogP contribution in [0.4, 0.5) is 5.69 Å². The van der Waals surface area contributed by atoms with E-state index in [4.69, 9.17) is 9.47 Å². The average Bonchev–Trinajstić information content (AvgIpc) is 2.71. The summed E-state index contributed by atoms with van der Waals surface area (Å²) in [6, 6.07) is 12.8. The highest BCUT2D eigenvalue weighted by Crippen LogP contribution is 2.27. The number of rotatable bonds is 11. The molecule has 0 aliphatic rings. The Kier molecular flexibility index (Phi) is 8.99. The molecule has 0 radical (unpaired) electrons. The Balaban J connectivity index is 1.99. The second-order valence-electron chi connectivity index (χ2n) is 7.44. The minimum Gasteiger partial charge on any atom is -0.494 e. The number of ether oxygens (including phenoxy) is 2. The molecule has 166 valence electrons. The molecule has 0 fully saturated rings. The van der Waals surface area contributed by atoms with Gasteiger partial charge in [-0.1, -0.05) is 35.9 Å². The van der Waals surface area contributed by atoms with Gasteiger partial charge in [0.2, 0.25) is 5.91 Å². The summed E-state index contributed by atoms with van der Waals surface area (Å²) >= 11 is 0. The molecular weight excluding hydrogens is 400 g/mol. The van der Waals surface area contributed by atoms with Crippen LogP contribution in [0.2, 0.25) is 0 Å². The number of carbonyl (C=O) groups excluding carboxylic acids is 2. The van der Waals surface area contributed by atoms with E-state index < -0.39 is 16.9 Å². The van der Waals surface area contributed by atoms with Gasteiger partial charge in [-0.15, -0.1) is 0 Å². The van der Waals surface area contributed by atoms with Gasteiger partial charge in [0.1, 0.15) is 5.75 Å². The molecule has 1 atom stereocenters. The highest BCUT2D eigenvalue weighted by molar-refractivity contribution is 5.78. The first-order chi connectivity index (χ1) is 14.8. The molecule has 2 rings (SSSR count). The Morgan fingerprint density at radius 3 is 2.42 bits per heavy atom. The standard InChI is InChI=1S/C23H28N2O6/c1-16(2)31-23(27)15-20(19-7-4-5-8-21(19)25(28)29)24-22(26)9-6-14-30-18-12-10-17(3)11-13-18/h4-5,7-8,10-13,16,20H,6,9,14-15H2,1-3H3,(H,24,26). The van der Waals surface area contributed by atoms with Gasteiger partial charge >= 0.3 is 5.97 Å². The van der Waals surface area contributed by atoms with Crippen molar-refractivity contribution in [1.29, 1.82) is 0 Å². The van der Waals surface area contributed by atoms with Crippen molar-refractivity contribution in [2.24, 2.45) is 0 Å². The van der Waals surface area contributed by atoms with Crippen molar-refractivity contribution >= 4 is 17.6 Å². The van der Waals surface area contributed by atoms with Gasteiger partial charge in [0.05, 0.1) is 35.7 Å². The van der Waals surface area contributed by atoms with Crippen molar-refractivity contribution < 1.29 is 24.0 Å². The highest BCUT2D eigenvalue weighted by atomic mass is 16.6. The first-order valence-corrected chi connectivity index (χ1v) is 10.2. The molecule has 0 aromatic heterocycles. The molecule has 31 heavy (non-hydrogen) atoms. The summed E-state index contributed by atoms with van der Waals surface area (Å²) in [5, 5.41) is 14.1. The van der Waals surface area contributed by atoms with Crippen LogP contribution in [0, 0.1) is 17.0 Å². The fraction of sp³-hybridized carbons (Fsp3) is 0.391. The minimum absolute atomic E-state index is 0.155. The molecule has 2 aromatic carbocycles. The molecule has 2 aromatic rings. The molecule has 1 unspecified atom stereocenters. The van der Waals surface area contributed by atoms with Crippen LogP contribution in [-0.2, 0) is 14.3 Å². The number of benzene rings is 2. The second-order valence-corrected chi connectivity index (χ2v) is 7.44. The zero-order chi connectivity index (χ0) is 22.8. The Morgan fingerprint density at radius 1 is 1.10 bits per heavy atom. The Hall–Kier alpha value is -3.42. The summed E-state index contributed by atoms with van der Waals surface area (Å²) in [4.78, 5) is 35.5. The zero-order valence-corrected chi connectivity index (χ0v) is 18.0. The molecule has 0 heterocycles. The third-order valence-corrected chi connectivity index (χ3v) is 4.42. The summed E-state index contributed by atoms with van der Waals surface area (Å²) in [7, 11) is 0. The Labute approximate surface area is 181 Å². The smallest absolute Gasteiger partial charge is 0.308 e. The van der Waals surface area contributed by atoms with Crippen LogP contribution in [0.5, 0.6) is 5.75 Å². The third kappa shape index (κ3) is 8.08. The predicted molar refractivity (Wildman–Crippen MR) is 116 cm³/mol. The largest absolute Gasteiger partial charge is 0.494 e. The van der Waals surface area contributed by atoms with Crippen LogP contribution in [0.15, 0.2) is 48.5 Å². The molecular formula is C23H28N2O6. The van der Waals surface area contributed by atoms with Crippen molar-refractivity contribution in [3.63, 3.8) is 0 Å². The molecule has 0 aliphatic heterocycles. The zero-order valence-electron chi connectivity index (χ0n) is 18.0. The van der Waals surface area contributed by atoms with Gasteiger partial charge in [0, 0.05) is 12.5 Å². The van der Waals surface area contributed by atoms with Gasteiger partial charge in [-0.05, 0) is 39.3 Å². The van der Waals surface area contributed by atoms with Crippen LogP contribution in [0.3, 0.4) is 0 Å². The number of hydrogen-bond acceptors (Lipinski definition) is 6. The lowest BCUT2D eigenvalue weighted by molar-refractivity contribution is -0.385. The number of amides is 1. The number of para-hydroxylation sites is 1. The van der Waals surface area contributed by atoms with Gasteiger partial charge in [0.25, 0.3) is 5.69 Å². The molecule has 8 heteroatoms. The second kappa shape index (κ2) is 11.7. The Morgan fingerprint density at radius 2 is 1.77 bits per heavy atom. The monoisotopic (exact) mass is 428 g/mol. The number of carbonyl (C=O) groups is 2. The summed E-state index contributed by atoms with van der Waals surface area (Å²) in [6.45, 7) is 5.76. The molecule has 0 spiro atoms. The minimum atomic E-state index is -0.863. The number of aryl methyl sites for hydroxylation is 1. The van der Waals surface area contributed by atoms with Crippen LogP contribution in [0.1, 0.15) is 50.3 Å². The van der Waals surface area contributed by atoms with Gasteiger partial charge in [0.15, 0.2) is 0 Å². The molecule has 1 amide bonds. The van der Waals surface area contributed by atoms with Crippen molar-refractivity contribution in [2.75, 3.05) is 6.61 Å². The molecule has 0 aliphatic carbocycles. The fourth-order valence-corrected chi connectivity index (χ4v) is 2.99. The molecule has 0 saturated carbocycles. The van der Waals surface area contributed by atoms with Crippen molar-refractivity contribution in [2.45, 2.75) is 52.2 Å². The number of nitro benzene ring substituents is 1. The molecule has 8 nitrogen and oxygen atoms in total. The topological polar surface area (TPSA) is 108 Å². The van der Waals surface area contributed by atoms with Crippen LogP contribution in [-0.4, -0.2) is 29.5 Å². The maximum atomic E-state index is 12.5. The molecule has 1 N–H and O–H groups in total. The lowest BCUT2D eigenvalue weighted by Crippen LogP contribution is -2.31. The van der Waals surface area contributed by atoms with Gasteiger partial charge < -0.3 is 14.8 Å². The van der Waals surface area contributed by atoms with Gasteiger partial charge in [-0.25, -0.2) is 0 Å². The number of hydrogen-bond donors (Lipinski definition) is 1. The number of esters is 1. The van der Waals surface area contributed by atoms with E-state index in [2.05, 4.69) is 5.32 Å². The van der Waals surface area contributed by atoms with Crippen LogP contribution in [0.25, 0.3) is 0 Å². The maximum absolute atomic E-state index is 12.5. The van der Waals surface area contributed by atoms with E-state index in [0.717, 1.165) is 11.3 Å². The maximum Gasteiger partial charge on any atom is 0.308 e. The van der Waals surface area contributed by atoms with E-state index in [1.54, 1.807) is 19.9 Å². The lowest BCUT2D eigenvalue weighted by Gasteiger charge is -2.19. The van der Waals surface area contributed by atoms with Crippen molar-refractivity contribution in [3.8, 4) is 5.75 Å². The molecule has 0 saturated heterocycles. The molecule has 0 bridgehead atoms. The number of nitrogens with one attached hydrogen (secondary N) is 1. The van der Waals surface area contributed by atoms with Crippen molar-refractivity contribution in [1.82, 2.24) is 5.32 Å². The van der Waals surface area contributed by atoms with E-state index in [0.29, 0.717) is 13.0 Å². The normalized spacial score (nSPS) is 11.6. The SMILES string of the molecule is Cc1ccc(OCCCC(=O)NC(CC(=O)OC(C)C)c2ccccc2[N+](=O)[O-])cc1. The average molecular weight is 428 g/mol. The third-order valence-electron chi connectivity index (χ3n) is 4.42. The van der Waals surface area contributed by atoms with E-state index in [-0.39, 0.29) is 36.1 Å². The predicted octanol–water partition coefficient (Wildman–Crippen LogP) is 4.26. The highest BCUT2D eigenvalue weighted by Gasteiger charge is 2.26. The van der Waals surface area contributed by atoms with E-state index in [1.165, 1.54) is 18.2 Å². The first kappa shape index (κ1) is 23.9. The quantitative estimate of drug-likeness (QED) is 0.248. The summed E-state index contributed by atoms with van der Waals surface area (Å²) < 4.78 is 10.8. The number of nitro groups is 1. The Bertz CT molecular complexity index is 895. The van der Waals surface area contributed by atoms with Gasteiger partial charge in [-0.3, -0.25) is 19.7 Å².